The summed E-state index contributed by atoms with van der Waals surface area (Å²) in [7, 11) is 0. The van der Waals surface area contributed by atoms with Gasteiger partial charge in [0.25, 0.3) is 0 Å². The van der Waals surface area contributed by atoms with E-state index in [1.807, 2.05) is 94.7 Å². The van der Waals surface area contributed by atoms with Crippen LogP contribution >= 0.6 is 0 Å². The van der Waals surface area contributed by atoms with E-state index in [-0.39, 0.29) is 11.8 Å². The third kappa shape index (κ3) is 8.23. The van der Waals surface area contributed by atoms with Crippen molar-refractivity contribution in [2.45, 2.75) is 76.9 Å². The van der Waals surface area contributed by atoms with E-state index in [2.05, 4.69) is 124 Å². The fourth-order valence-corrected chi connectivity index (χ4v) is 13.6. The van der Waals surface area contributed by atoms with Crippen LogP contribution in [0.15, 0.2) is 215 Å². The van der Waals surface area contributed by atoms with Crippen molar-refractivity contribution in [3.8, 4) is 22.6 Å². The Kier molecular flexibility index (Phi) is 11.9. The number of hydrogen-bond acceptors (Lipinski definition) is 6. The Bertz CT molecular complexity index is 4330. The van der Waals surface area contributed by atoms with Gasteiger partial charge < -0.3 is 28.1 Å². The van der Waals surface area contributed by atoms with Crippen molar-refractivity contribution in [3.05, 3.63) is 251 Å². The van der Waals surface area contributed by atoms with Crippen molar-refractivity contribution in [1.29, 1.82) is 0 Å². The molecule has 84 heavy (non-hydrogen) atoms. The molecule has 0 N–H and O–H groups in total. The van der Waals surface area contributed by atoms with E-state index in [0.717, 1.165) is 88.3 Å². The second kappa shape index (κ2) is 19.1. The molecular formula is C72H54F6N2O4. The first-order valence-corrected chi connectivity index (χ1v) is 28.0. The largest absolute Gasteiger partial charge is 0.573 e. The monoisotopic (exact) mass is 1120 g/mol. The van der Waals surface area contributed by atoms with Gasteiger partial charge in [-0.25, -0.2) is 0 Å². The molecule has 1 spiro atoms. The smallest absolute Gasteiger partial charge is 0.454 e. The summed E-state index contributed by atoms with van der Waals surface area (Å²) in [5, 5.41) is 3.50. The van der Waals surface area contributed by atoms with Crippen LogP contribution in [0, 0.1) is 0 Å². The Balaban J connectivity index is 1.06. The normalized spacial score (nSPS) is 14.1. The van der Waals surface area contributed by atoms with Gasteiger partial charge in [0.1, 0.15) is 22.7 Å². The molecule has 0 bridgehead atoms. The number of halogens is 6. The minimum absolute atomic E-state index is 0.129. The van der Waals surface area contributed by atoms with Gasteiger partial charge in [0, 0.05) is 61.8 Å². The molecule has 2 heterocycles. The lowest BCUT2D eigenvalue weighted by atomic mass is 9.55. The summed E-state index contributed by atoms with van der Waals surface area (Å²) < 4.78 is 108. The van der Waals surface area contributed by atoms with Crippen LogP contribution in [0.2, 0.25) is 0 Å². The van der Waals surface area contributed by atoms with E-state index in [0.29, 0.717) is 45.3 Å². The van der Waals surface area contributed by atoms with Crippen LogP contribution in [0.5, 0.6) is 11.5 Å². The third-order valence-corrected chi connectivity index (χ3v) is 17.0. The molecule has 2 aliphatic carbocycles. The molecular weight excluding hydrogens is 1070 g/mol. The summed E-state index contributed by atoms with van der Waals surface area (Å²) in [5.74, 6) is -0.525. The minimum atomic E-state index is -4.96. The number of nitrogens with zero attached hydrogens (tertiary/aromatic N) is 2. The average Bonchev–Trinajstić information content (AvgIpc) is 1.75. The number of para-hydroxylation sites is 4. The number of fused-ring (bicyclic) bond motifs is 15. The predicted octanol–water partition coefficient (Wildman–Crippen LogP) is 21.5. The van der Waals surface area contributed by atoms with Gasteiger partial charge in [-0.05, 0) is 128 Å². The van der Waals surface area contributed by atoms with E-state index < -0.39 is 35.1 Å². The lowest BCUT2D eigenvalue weighted by molar-refractivity contribution is -0.275. The average molecular weight is 1130 g/mol. The van der Waals surface area contributed by atoms with E-state index in [1.54, 1.807) is 24.3 Å². The van der Waals surface area contributed by atoms with Crippen LogP contribution in [0.25, 0.3) is 55.0 Å². The highest BCUT2D eigenvalue weighted by atomic mass is 19.4. The van der Waals surface area contributed by atoms with Crippen LogP contribution in [-0.2, 0) is 10.8 Å². The Labute approximate surface area is 480 Å². The molecule has 0 fully saturated rings. The fraction of sp³-hybridized carbons (Fsp3) is 0.167. The van der Waals surface area contributed by atoms with Crippen molar-refractivity contribution < 1.29 is 44.7 Å². The number of ether oxygens (including phenoxy) is 2. The maximum atomic E-state index is 14.1. The molecule has 2 aliphatic rings. The Morgan fingerprint density at radius 1 is 0.369 bits per heavy atom. The van der Waals surface area contributed by atoms with E-state index in [4.69, 9.17) is 8.83 Å². The van der Waals surface area contributed by atoms with Gasteiger partial charge in [0.15, 0.2) is 11.2 Å². The zero-order chi connectivity index (χ0) is 58.2. The Hall–Kier alpha value is -9.42. The number of anilines is 6. The highest BCUT2D eigenvalue weighted by Crippen LogP contribution is 2.64. The van der Waals surface area contributed by atoms with E-state index >= 15 is 0 Å². The van der Waals surface area contributed by atoms with Crippen molar-refractivity contribution in [2.75, 3.05) is 9.80 Å². The van der Waals surface area contributed by atoms with Gasteiger partial charge in [-0.15, -0.1) is 26.3 Å². The van der Waals surface area contributed by atoms with Crippen LogP contribution < -0.4 is 19.3 Å². The van der Waals surface area contributed by atoms with Gasteiger partial charge in [-0.3, -0.25) is 0 Å². The van der Waals surface area contributed by atoms with Crippen molar-refractivity contribution in [3.63, 3.8) is 0 Å². The van der Waals surface area contributed by atoms with Crippen LogP contribution in [-0.4, -0.2) is 12.7 Å². The summed E-state index contributed by atoms with van der Waals surface area (Å²) in [6, 6.07) is 65.2. The zero-order valence-corrected chi connectivity index (χ0v) is 46.6. The van der Waals surface area contributed by atoms with Crippen LogP contribution in [0.3, 0.4) is 0 Å². The van der Waals surface area contributed by atoms with Gasteiger partial charge in [0.05, 0.1) is 16.8 Å². The maximum Gasteiger partial charge on any atom is 0.573 e. The number of hydrogen-bond donors (Lipinski definition) is 0. The standard InChI is InChI=1S/C72H54F6N2O4/c1-41(2)49-21-13-23-53-55-25-15-31-63(67(55)81-65(49)53)79(43-17-11-19-47(37-43)83-71(73,74)75)45-33-35-51-52-36-34-46(40-62(52)70(61(51)39-45)59-29-9-7-27-57(59)69(5,6)58-28-8-10-30-60(58)70)80(44-18-12-20-48(38-44)84-72(76,77)78)64-32-16-26-56-54-24-14-22-50(42(3)4)66(54)82-68(56)64/h7-42H,1-6H3. The second-order valence-electron chi connectivity index (χ2n) is 23.0. The Morgan fingerprint density at radius 3 is 1.12 bits per heavy atom. The summed E-state index contributed by atoms with van der Waals surface area (Å²) in [6.07, 6.45) is -9.92. The van der Waals surface area contributed by atoms with E-state index in [1.165, 1.54) is 24.3 Å². The number of benzene rings is 10. The molecule has 12 aromatic rings. The van der Waals surface area contributed by atoms with Crippen LogP contribution in [0.4, 0.5) is 60.5 Å². The molecule has 0 amide bonds. The molecule has 418 valence electrons. The van der Waals surface area contributed by atoms with Gasteiger partial charge in [-0.1, -0.05) is 175 Å². The van der Waals surface area contributed by atoms with Gasteiger partial charge in [0.2, 0.25) is 0 Å². The van der Waals surface area contributed by atoms with Gasteiger partial charge in [-0.2, -0.15) is 0 Å². The summed E-state index contributed by atoms with van der Waals surface area (Å²) >= 11 is 0. The quantitative estimate of drug-likeness (QED) is 0.127. The Morgan fingerprint density at radius 2 is 0.726 bits per heavy atom. The molecule has 0 unspecified atom stereocenters. The molecule has 0 radical (unpaired) electrons. The molecule has 6 nitrogen and oxygen atoms in total. The first kappa shape index (κ1) is 52.6. The number of furan rings is 2. The molecule has 2 aromatic heterocycles. The SMILES string of the molecule is CC(C)c1cccc2c1oc1c(N(c3cccc(OC(F)(F)F)c3)c3ccc4c(c3)C3(c5cc(N(c6cccc(OC(F)(F)F)c6)c6cccc7c6oc6c(C(C)C)cccc67)ccc5-4)c4ccccc4C(C)(C)c4ccccc43)cccc12. The topological polar surface area (TPSA) is 51.2 Å². The summed E-state index contributed by atoms with van der Waals surface area (Å²) in [5.41, 5.74) is 14.1. The first-order valence-electron chi connectivity index (χ1n) is 28.0. The maximum absolute atomic E-state index is 14.1. The lowest BCUT2D eigenvalue weighted by Gasteiger charge is -2.47. The molecule has 0 atom stereocenters. The van der Waals surface area contributed by atoms with Crippen LogP contribution in [0.1, 0.15) is 97.9 Å². The number of rotatable bonds is 10. The van der Waals surface area contributed by atoms with Crippen molar-refractivity contribution in [2.24, 2.45) is 0 Å². The highest BCUT2D eigenvalue weighted by molar-refractivity contribution is 6.13. The summed E-state index contributed by atoms with van der Waals surface area (Å²) in [4.78, 5) is 3.87. The second-order valence-corrected chi connectivity index (χ2v) is 23.0. The minimum Gasteiger partial charge on any atom is -0.454 e. The van der Waals surface area contributed by atoms with Crippen molar-refractivity contribution in [1.82, 2.24) is 0 Å². The predicted molar refractivity (Wildman–Crippen MR) is 321 cm³/mol. The van der Waals surface area contributed by atoms with Gasteiger partial charge >= 0.3 is 12.7 Å². The molecule has 12 heteroatoms. The zero-order valence-electron chi connectivity index (χ0n) is 46.6. The molecule has 10 aromatic carbocycles. The fourth-order valence-electron chi connectivity index (χ4n) is 13.6. The number of alkyl halides is 6. The molecule has 14 rings (SSSR count). The highest BCUT2D eigenvalue weighted by Gasteiger charge is 2.54. The van der Waals surface area contributed by atoms with E-state index in [9.17, 15) is 26.3 Å². The summed E-state index contributed by atoms with van der Waals surface area (Å²) in [6.45, 7) is 12.9. The molecule has 0 saturated carbocycles. The molecule has 0 aliphatic heterocycles. The lowest BCUT2D eigenvalue weighted by Crippen LogP contribution is -2.40. The molecule has 0 saturated heterocycles. The van der Waals surface area contributed by atoms with Crippen molar-refractivity contribution >= 4 is 78.0 Å². The first-order chi connectivity index (χ1) is 40.3. The third-order valence-electron chi connectivity index (χ3n) is 17.0.